The molecule has 0 aliphatic rings. The molecule has 3 aromatic heterocycles. The Kier molecular flexibility index (Phi) is 8.73. The van der Waals surface area contributed by atoms with Gasteiger partial charge in [0.1, 0.15) is 5.82 Å². The number of para-hydroxylation sites is 1. The van der Waals surface area contributed by atoms with Gasteiger partial charge in [0.25, 0.3) is 6.33 Å². The summed E-state index contributed by atoms with van der Waals surface area (Å²) in [6.07, 6.45) is 4.66. The van der Waals surface area contributed by atoms with Crippen LogP contribution in [-0.4, -0.2) is 14.1 Å². The van der Waals surface area contributed by atoms with E-state index in [1.807, 2.05) is 65.8 Å². The van der Waals surface area contributed by atoms with Gasteiger partial charge in [-0.15, -0.1) is 29.7 Å². The van der Waals surface area contributed by atoms with Crippen LogP contribution in [0, 0.1) is 39.0 Å². The van der Waals surface area contributed by atoms with Crippen molar-refractivity contribution in [2.75, 3.05) is 0 Å². The molecule has 0 amide bonds. The predicted molar refractivity (Wildman–Crippen MR) is 339 cm³/mol. The van der Waals surface area contributed by atoms with E-state index in [2.05, 4.69) is 24.5 Å². The molecule has 3 heterocycles. The van der Waals surface area contributed by atoms with E-state index in [9.17, 15) is 5.48 Å². The molecule has 0 radical (unpaired) electrons. The molecule has 13 rings (SSSR count). The summed E-state index contributed by atoms with van der Waals surface area (Å²) in [4.78, 5) is 4.70. The maximum absolute atomic E-state index is 9.68. The monoisotopic (exact) mass is 1280 g/mol. The SMILES string of the molecule is [2H]c1c([2H])c([2H])c(-c2cc(-c3cc(C(C)(C)C)cc(C(C)(C)C)c3)c(-[n+]3[c-]n(-c4[c-]c(Oc5[c-]c6c(cc5)c5ccccc5n6-c5cc(C([2H])([2H])[2H])c(-c6c([2H])c([2H])c([2H])c([2H])c6[2H])cn5)ccc4)c4cc(-c5c(C([2H])([2H])[2H])cccc5C([2H])([2H])[2H])ccc43)c(-c3c([2H])c([2H])c([2H])c([2H])c3[2H])c2)c([2H])c1[2H].[Pt]. The molecule has 5 nitrogen and oxygen atoms in total. The Labute approximate surface area is 536 Å². The standard InChI is InChI=1S/C77H64N4O.Pt/c1-50-23-21-24-51(2)74(50)56-35-38-70-72(44-56)79(49-80(70)75-66(54-27-15-11-16-28-54)42-57(53-25-13-10-14-26-53)43-67(75)58-40-59(76(4,5)6)45-60(41-58)77(7,8)9)61-31-22-32-62(46-61)82-63-36-37-65-64-33-19-20-34-69(64)81(71(65)47-63)73-39-52(3)68(48-78-73)55-29-17-12-18-30-55;/h10-45,48H,1-9H3;/q-2;/i1D3,2D3,3D3,10D,11D,12D,13D,14D,15D,16D,17D,18D,25D,26D,27D,28D,29D,30D;. The van der Waals surface area contributed by atoms with E-state index in [0.717, 1.165) is 11.1 Å². The number of aryl methyl sites for hydroxylation is 3. The number of rotatable bonds is 10. The summed E-state index contributed by atoms with van der Waals surface area (Å²) in [5.41, 5.74) is 0.877. The van der Waals surface area contributed by atoms with Gasteiger partial charge in [-0.1, -0.05) is 204 Å². The zero-order chi connectivity index (χ0) is 77.0. The van der Waals surface area contributed by atoms with E-state index in [1.54, 1.807) is 75.9 Å². The van der Waals surface area contributed by atoms with E-state index < -0.39 is 122 Å². The van der Waals surface area contributed by atoms with Gasteiger partial charge in [-0.3, -0.25) is 4.57 Å². The minimum atomic E-state index is -2.90. The van der Waals surface area contributed by atoms with E-state index in [1.165, 1.54) is 41.1 Å². The summed E-state index contributed by atoms with van der Waals surface area (Å²) in [7, 11) is 0. The maximum Gasteiger partial charge on any atom is 0.268 e. The van der Waals surface area contributed by atoms with Crippen LogP contribution in [0.3, 0.4) is 0 Å². The first kappa shape index (κ1) is 33.3. The van der Waals surface area contributed by atoms with Crippen LogP contribution in [0.1, 0.15) is 102 Å². The van der Waals surface area contributed by atoms with E-state index in [-0.39, 0.29) is 128 Å². The summed E-state index contributed by atoms with van der Waals surface area (Å²) in [6, 6.07) is 31.4. The van der Waals surface area contributed by atoms with Gasteiger partial charge in [-0.25, -0.2) is 4.98 Å². The van der Waals surface area contributed by atoms with Crippen molar-refractivity contribution in [3.8, 4) is 84.3 Å². The Bertz CT molecular complexity index is 5730. The fourth-order valence-electron chi connectivity index (χ4n) is 10.4. The van der Waals surface area contributed by atoms with Crippen molar-refractivity contribution in [2.45, 2.75) is 72.9 Å². The van der Waals surface area contributed by atoms with Gasteiger partial charge in [0, 0.05) is 62.2 Å². The first-order valence-corrected chi connectivity index (χ1v) is 26.4. The fraction of sp³-hybridized carbons (Fsp3) is 0.143. The number of imidazole rings is 1. The normalized spacial score (nSPS) is 16.4. The van der Waals surface area contributed by atoms with Crippen LogP contribution >= 0.6 is 0 Å². The Morgan fingerprint density at radius 2 is 1.12 bits per heavy atom. The van der Waals surface area contributed by atoms with E-state index in [0.29, 0.717) is 27.4 Å². The largest absolute Gasteiger partial charge is 0.510 e. The number of benzene rings is 10. The van der Waals surface area contributed by atoms with Crippen LogP contribution in [0.4, 0.5) is 0 Å². The average Bonchev–Trinajstić information content (AvgIpc) is 1.70. The number of pyridine rings is 1. The number of hydrogen-bond acceptors (Lipinski definition) is 2. The average molecular weight is 1280 g/mol. The second-order valence-electron chi connectivity index (χ2n) is 21.9. The topological polar surface area (TPSA) is 35.9 Å². The summed E-state index contributed by atoms with van der Waals surface area (Å²) in [6.45, 7) is 3.55. The third-order valence-electron chi connectivity index (χ3n) is 14.5. The first-order chi connectivity index (χ1) is 49.5. The van der Waals surface area contributed by atoms with Crippen LogP contribution in [0.25, 0.3) is 106 Å². The van der Waals surface area contributed by atoms with Gasteiger partial charge in [0.05, 0.1) is 37.3 Å². The number of ether oxygens (including phenoxy) is 1. The Morgan fingerprint density at radius 3 is 1.78 bits per heavy atom. The molecule has 0 spiro atoms. The van der Waals surface area contributed by atoms with Crippen molar-refractivity contribution in [1.29, 1.82) is 0 Å². The van der Waals surface area contributed by atoms with Crippen molar-refractivity contribution in [3.05, 3.63) is 271 Å². The van der Waals surface area contributed by atoms with Gasteiger partial charge in [0.15, 0.2) is 0 Å². The Balaban J connectivity index is 0.0000107. The quantitative estimate of drug-likeness (QED) is 0.101. The zero-order valence-corrected chi connectivity index (χ0v) is 48.0. The molecular formula is C77H64N4OPt-2. The molecule has 6 heteroatoms. The molecule has 0 N–H and O–H groups in total. The second kappa shape index (κ2) is 21.8. The molecule has 0 aliphatic carbocycles. The molecule has 10 aromatic carbocycles. The minimum absolute atomic E-state index is 0. The van der Waals surface area contributed by atoms with Crippen molar-refractivity contribution < 1.29 is 63.3 Å². The molecule has 0 saturated carbocycles. The van der Waals surface area contributed by atoms with Gasteiger partial charge in [0.2, 0.25) is 0 Å². The summed E-state index contributed by atoms with van der Waals surface area (Å²) in [5, 5.41) is 1.33. The summed E-state index contributed by atoms with van der Waals surface area (Å²) < 4.78 is 224. The van der Waals surface area contributed by atoms with Crippen molar-refractivity contribution in [3.63, 3.8) is 0 Å². The molecule has 410 valence electrons. The maximum atomic E-state index is 9.68. The van der Waals surface area contributed by atoms with Crippen molar-refractivity contribution in [1.82, 2.24) is 14.1 Å². The van der Waals surface area contributed by atoms with Gasteiger partial charge >= 0.3 is 0 Å². The van der Waals surface area contributed by atoms with E-state index >= 15 is 0 Å². The zero-order valence-electron chi connectivity index (χ0n) is 69.7. The third-order valence-corrected chi connectivity index (χ3v) is 14.5. The Hall–Kier alpha value is -8.89. The molecular weight excluding hydrogens is 1190 g/mol. The van der Waals surface area contributed by atoms with Crippen LogP contribution in [-0.2, 0) is 31.9 Å². The molecule has 83 heavy (non-hydrogen) atoms. The predicted octanol–water partition coefficient (Wildman–Crippen LogP) is 19.4. The molecule has 0 bridgehead atoms. The van der Waals surface area contributed by atoms with Crippen molar-refractivity contribution >= 4 is 32.8 Å². The number of fused-ring (bicyclic) bond motifs is 4. The summed E-state index contributed by atoms with van der Waals surface area (Å²) in [5.74, 6) is 0.242. The molecule has 13 aromatic rings. The molecule has 0 unspecified atom stereocenters. The molecule has 0 saturated heterocycles. The van der Waals surface area contributed by atoms with Crippen LogP contribution in [0.5, 0.6) is 11.5 Å². The van der Waals surface area contributed by atoms with Gasteiger partial charge in [-0.2, -0.15) is 18.2 Å². The van der Waals surface area contributed by atoms with Crippen LogP contribution < -0.4 is 9.30 Å². The number of hydrogen-bond donors (Lipinski definition) is 0. The van der Waals surface area contributed by atoms with Gasteiger partial charge in [-0.05, 0) is 151 Å². The minimum Gasteiger partial charge on any atom is -0.510 e. The Morgan fingerprint density at radius 1 is 0.506 bits per heavy atom. The fourth-order valence-corrected chi connectivity index (χ4v) is 10.4. The third kappa shape index (κ3) is 10.3. The van der Waals surface area contributed by atoms with Gasteiger partial charge < -0.3 is 13.9 Å². The van der Waals surface area contributed by atoms with Crippen molar-refractivity contribution in [2.24, 2.45) is 0 Å². The molecule has 0 fully saturated rings. The molecule has 0 aliphatic heterocycles. The summed E-state index contributed by atoms with van der Waals surface area (Å²) >= 11 is 0. The second-order valence-corrected chi connectivity index (χ2v) is 21.9. The van der Waals surface area contributed by atoms with E-state index in [4.69, 9.17) is 37.1 Å². The number of aromatic nitrogens is 4. The smallest absolute Gasteiger partial charge is 0.268 e. The first-order valence-electron chi connectivity index (χ1n) is 38.4. The van der Waals surface area contributed by atoms with Crippen LogP contribution in [0.15, 0.2) is 224 Å². The molecule has 0 atom stereocenters. The van der Waals surface area contributed by atoms with Crippen LogP contribution in [0.2, 0.25) is 0 Å². The number of nitrogens with zero attached hydrogens (tertiary/aromatic N) is 4.